The number of nitrogens with zero attached hydrogens (tertiary/aromatic N) is 2. The van der Waals surface area contributed by atoms with E-state index in [2.05, 4.69) is 10.3 Å². The van der Waals surface area contributed by atoms with Crippen LogP contribution in [0, 0.1) is 0 Å². The molecule has 1 fully saturated rings. The molecule has 0 saturated carbocycles. The lowest BCUT2D eigenvalue weighted by Gasteiger charge is -2.20. The molecule has 3 rings (SSSR count). The van der Waals surface area contributed by atoms with Gasteiger partial charge in [0.05, 0.1) is 5.69 Å². The summed E-state index contributed by atoms with van der Waals surface area (Å²) in [5.74, 6) is -0.716. The van der Waals surface area contributed by atoms with Crippen LogP contribution in [0.2, 0.25) is 0 Å². The third-order valence-corrected chi connectivity index (χ3v) is 5.35. The molecule has 1 aliphatic heterocycles. The number of urea groups is 1. The van der Waals surface area contributed by atoms with Gasteiger partial charge in [-0.2, -0.15) is 13.2 Å². The Morgan fingerprint density at radius 3 is 2.50 bits per heavy atom. The summed E-state index contributed by atoms with van der Waals surface area (Å²) in [6.07, 6.45) is 4.12. The Labute approximate surface area is 164 Å². The monoisotopic (exact) mass is 409 g/mol. The highest BCUT2D eigenvalue weighted by Gasteiger charge is 2.42. The summed E-state index contributed by atoms with van der Waals surface area (Å²) in [6.45, 7) is 3.83. The summed E-state index contributed by atoms with van der Waals surface area (Å²) in [7, 11) is 0. The molecular weight excluding hydrogens is 391 g/mol. The Bertz CT molecular complexity index is 887. The number of anilines is 1. The lowest BCUT2D eigenvalue weighted by atomic mass is 9.90. The van der Waals surface area contributed by atoms with Crippen LogP contribution in [-0.4, -0.2) is 28.5 Å². The molecule has 5 nitrogen and oxygen atoms in total. The number of benzene rings is 1. The first-order valence-electron chi connectivity index (χ1n) is 8.64. The maximum atomic E-state index is 12.9. The number of carbonyl (C=O) groups excluding carboxylic acids is 2. The fourth-order valence-electron chi connectivity index (χ4n) is 3.24. The number of carbonyl (C=O) groups is 2. The average molecular weight is 409 g/mol. The topological polar surface area (TPSA) is 62.3 Å². The molecule has 148 valence electrons. The van der Waals surface area contributed by atoms with Crippen molar-refractivity contribution in [2.24, 2.45) is 0 Å². The van der Waals surface area contributed by atoms with Gasteiger partial charge >= 0.3 is 11.5 Å². The van der Waals surface area contributed by atoms with Crippen molar-refractivity contribution in [3.8, 4) is 0 Å². The maximum absolute atomic E-state index is 12.9. The zero-order chi connectivity index (χ0) is 20.5. The van der Waals surface area contributed by atoms with Gasteiger partial charge in [0.2, 0.25) is 0 Å². The molecule has 2 atom stereocenters. The molecule has 2 heterocycles. The summed E-state index contributed by atoms with van der Waals surface area (Å²) in [5.41, 5.74) is -2.25. The number of imide groups is 1. The van der Waals surface area contributed by atoms with Crippen molar-refractivity contribution in [1.29, 1.82) is 0 Å². The molecule has 1 aliphatic rings. The Hall–Kier alpha value is -2.55. The lowest BCUT2D eigenvalue weighted by Crippen LogP contribution is -2.35. The number of nitrogens with one attached hydrogen (secondary N) is 1. The Kier molecular flexibility index (Phi) is 5.64. The fraction of sp³-hybridized carbons (Fsp3) is 0.316. The molecule has 1 saturated heterocycles. The van der Waals surface area contributed by atoms with Crippen LogP contribution in [0.3, 0.4) is 0 Å². The number of aromatic nitrogens is 1. The largest absolute Gasteiger partial charge is 0.446 e. The van der Waals surface area contributed by atoms with Crippen LogP contribution < -0.4 is 10.2 Å². The van der Waals surface area contributed by atoms with Gasteiger partial charge in [0, 0.05) is 23.2 Å². The second-order valence-corrected chi connectivity index (χ2v) is 7.50. The van der Waals surface area contributed by atoms with E-state index in [1.807, 2.05) is 19.9 Å². The normalized spacial score (nSPS) is 18.3. The van der Waals surface area contributed by atoms with Crippen LogP contribution in [0.4, 0.5) is 23.7 Å². The van der Waals surface area contributed by atoms with Crippen LogP contribution in [0.15, 0.2) is 47.6 Å². The van der Waals surface area contributed by atoms with E-state index in [1.54, 1.807) is 12.4 Å². The van der Waals surface area contributed by atoms with Crippen molar-refractivity contribution in [2.45, 2.75) is 42.6 Å². The predicted molar refractivity (Wildman–Crippen MR) is 100 cm³/mol. The minimum atomic E-state index is -4.40. The van der Waals surface area contributed by atoms with Gasteiger partial charge < -0.3 is 5.32 Å². The van der Waals surface area contributed by atoms with Crippen LogP contribution in [0.25, 0.3) is 0 Å². The standard InChI is InChI=1S/C19H18F3N3O2S/c1-3-12-10-23-9-8-15(12)11(2)16-17(26)25(18(27)24-16)13-4-6-14(7-5-13)28-19(20,21)22/h4-11,16H,3H2,1-2H3,(H,24,27). The number of thioether (sulfide) groups is 1. The van der Waals surface area contributed by atoms with Gasteiger partial charge in [-0.1, -0.05) is 13.8 Å². The molecule has 28 heavy (non-hydrogen) atoms. The second kappa shape index (κ2) is 7.83. The van der Waals surface area contributed by atoms with Crippen molar-refractivity contribution in [2.75, 3.05) is 4.90 Å². The van der Waals surface area contributed by atoms with Crippen LogP contribution in [0.5, 0.6) is 0 Å². The van der Waals surface area contributed by atoms with Gasteiger partial charge in [0.15, 0.2) is 0 Å². The van der Waals surface area contributed by atoms with Crippen molar-refractivity contribution >= 4 is 29.4 Å². The average Bonchev–Trinajstić information content (AvgIpc) is 2.95. The quantitative estimate of drug-likeness (QED) is 0.584. The third kappa shape index (κ3) is 4.14. The zero-order valence-electron chi connectivity index (χ0n) is 15.2. The number of halogens is 3. The van der Waals surface area contributed by atoms with E-state index in [-0.39, 0.29) is 28.3 Å². The van der Waals surface area contributed by atoms with E-state index < -0.39 is 23.5 Å². The molecule has 0 radical (unpaired) electrons. The number of aryl methyl sites for hydroxylation is 1. The van der Waals surface area contributed by atoms with Gasteiger partial charge in [-0.15, -0.1) is 0 Å². The molecule has 2 unspecified atom stereocenters. The first kappa shape index (κ1) is 20.2. The van der Waals surface area contributed by atoms with Gasteiger partial charge in [-0.05, 0) is 59.6 Å². The molecule has 0 bridgehead atoms. The highest BCUT2D eigenvalue weighted by Crippen LogP contribution is 2.38. The lowest BCUT2D eigenvalue weighted by molar-refractivity contribution is -0.118. The maximum Gasteiger partial charge on any atom is 0.446 e. The van der Waals surface area contributed by atoms with E-state index in [9.17, 15) is 22.8 Å². The van der Waals surface area contributed by atoms with E-state index in [0.717, 1.165) is 22.4 Å². The number of alkyl halides is 3. The minimum absolute atomic E-state index is 0.0161. The molecule has 1 N–H and O–H groups in total. The van der Waals surface area contributed by atoms with E-state index >= 15 is 0 Å². The first-order valence-corrected chi connectivity index (χ1v) is 9.46. The summed E-state index contributed by atoms with van der Waals surface area (Å²) >= 11 is -0.250. The molecule has 0 aliphatic carbocycles. The molecule has 9 heteroatoms. The molecule has 2 aromatic rings. The Balaban J connectivity index is 1.82. The summed E-state index contributed by atoms with van der Waals surface area (Å²) in [6, 6.07) is 5.63. The van der Waals surface area contributed by atoms with Gasteiger partial charge in [-0.3, -0.25) is 9.78 Å². The first-order chi connectivity index (χ1) is 13.2. The molecule has 1 aromatic heterocycles. The molecule has 3 amide bonds. The Morgan fingerprint density at radius 1 is 1.21 bits per heavy atom. The van der Waals surface area contributed by atoms with Gasteiger partial charge in [0.1, 0.15) is 6.04 Å². The summed E-state index contributed by atoms with van der Waals surface area (Å²) in [5, 5.41) is 2.69. The molecule has 0 spiro atoms. The van der Waals surface area contributed by atoms with Crippen molar-refractivity contribution in [3.63, 3.8) is 0 Å². The van der Waals surface area contributed by atoms with E-state index in [4.69, 9.17) is 0 Å². The SMILES string of the molecule is CCc1cnccc1C(C)C1NC(=O)N(c2ccc(SC(F)(F)F)cc2)C1=O. The minimum Gasteiger partial charge on any atom is -0.325 e. The number of amides is 3. The van der Waals surface area contributed by atoms with Crippen LogP contribution in [-0.2, 0) is 11.2 Å². The zero-order valence-corrected chi connectivity index (χ0v) is 16.0. The van der Waals surface area contributed by atoms with Crippen molar-refractivity contribution in [3.05, 3.63) is 53.9 Å². The van der Waals surface area contributed by atoms with Crippen LogP contribution in [0.1, 0.15) is 30.9 Å². The van der Waals surface area contributed by atoms with Gasteiger partial charge in [-0.25, -0.2) is 9.69 Å². The predicted octanol–water partition coefficient (Wildman–Crippen LogP) is 4.48. The summed E-state index contributed by atoms with van der Waals surface area (Å²) in [4.78, 5) is 30.3. The number of rotatable bonds is 5. The highest BCUT2D eigenvalue weighted by molar-refractivity contribution is 8.00. The fourth-order valence-corrected chi connectivity index (χ4v) is 3.78. The van der Waals surface area contributed by atoms with Crippen LogP contribution >= 0.6 is 11.8 Å². The van der Waals surface area contributed by atoms with Crippen molar-refractivity contribution < 1.29 is 22.8 Å². The van der Waals surface area contributed by atoms with Gasteiger partial charge in [0.25, 0.3) is 5.91 Å². The van der Waals surface area contributed by atoms with E-state index in [0.29, 0.717) is 0 Å². The third-order valence-electron chi connectivity index (χ3n) is 4.61. The number of hydrogen-bond acceptors (Lipinski definition) is 4. The molecular formula is C19H18F3N3O2S. The summed E-state index contributed by atoms with van der Waals surface area (Å²) < 4.78 is 37.4. The Morgan fingerprint density at radius 2 is 1.89 bits per heavy atom. The van der Waals surface area contributed by atoms with E-state index in [1.165, 1.54) is 24.3 Å². The second-order valence-electron chi connectivity index (χ2n) is 6.36. The smallest absolute Gasteiger partial charge is 0.325 e. The number of hydrogen-bond donors (Lipinski definition) is 1. The molecule has 1 aromatic carbocycles. The highest BCUT2D eigenvalue weighted by atomic mass is 32.2. The van der Waals surface area contributed by atoms with Crippen molar-refractivity contribution in [1.82, 2.24) is 10.3 Å². The number of pyridine rings is 1.